The van der Waals surface area contributed by atoms with E-state index in [2.05, 4.69) is 24.1 Å². The fourth-order valence-corrected chi connectivity index (χ4v) is 3.76. The molecular formula is C15H25N3O2S. The molecule has 1 fully saturated rings. The molecule has 2 heterocycles. The van der Waals surface area contributed by atoms with Gasteiger partial charge in [-0.15, -0.1) is 0 Å². The van der Waals surface area contributed by atoms with Crippen molar-refractivity contribution in [1.29, 1.82) is 0 Å². The zero-order chi connectivity index (χ0) is 15.5. The number of sulfonamides is 1. The molecule has 0 radical (unpaired) electrons. The van der Waals surface area contributed by atoms with Crippen molar-refractivity contribution in [3.05, 3.63) is 23.9 Å². The standard InChI is InChI=1S/C15H25N3O2S/c1-4-16-11-13-5-6-14(17-12-13)21(19,20)18-9-7-15(2,3)8-10-18/h5-6,12,16H,4,7-11H2,1-3H3. The Bertz CT molecular complexity index is 557. The number of pyridine rings is 1. The molecule has 1 saturated heterocycles. The van der Waals surface area contributed by atoms with Crippen molar-refractivity contribution in [3.8, 4) is 0 Å². The van der Waals surface area contributed by atoms with Gasteiger partial charge in [0.25, 0.3) is 10.0 Å². The Morgan fingerprint density at radius 1 is 1.29 bits per heavy atom. The summed E-state index contributed by atoms with van der Waals surface area (Å²) in [4.78, 5) is 4.15. The van der Waals surface area contributed by atoms with Gasteiger partial charge in [0.1, 0.15) is 0 Å². The van der Waals surface area contributed by atoms with Crippen molar-refractivity contribution in [2.75, 3.05) is 19.6 Å². The summed E-state index contributed by atoms with van der Waals surface area (Å²) >= 11 is 0. The molecule has 6 heteroatoms. The van der Waals surface area contributed by atoms with Gasteiger partial charge < -0.3 is 5.32 Å². The Morgan fingerprint density at radius 3 is 2.48 bits per heavy atom. The van der Waals surface area contributed by atoms with Crippen LogP contribution in [0.3, 0.4) is 0 Å². The molecule has 5 nitrogen and oxygen atoms in total. The molecule has 1 aromatic rings. The zero-order valence-electron chi connectivity index (χ0n) is 13.1. The van der Waals surface area contributed by atoms with Gasteiger partial charge in [0, 0.05) is 25.8 Å². The van der Waals surface area contributed by atoms with Crippen molar-refractivity contribution >= 4 is 10.0 Å². The van der Waals surface area contributed by atoms with E-state index >= 15 is 0 Å². The quantitative estimate of drug-likeness (QED) is 0.903. The molecular weight excluding hydrogens is 286 g/mol. The molecule has 0 saturated carbocycles. The summed E-state index contributed by atoms with van der Waals surface area (Å²) in [6.45, 7) is 9.15. The molecule has 0 amide bonds. The van der Waals surface area contributed by atoms with Crippen LogP contribution in [0.15, 0.2) is 23.4 Å². The van der Waals surface area contributed by atoms with E-state index in [0.717, 1.165) is 24.9 Å². The minimum Gasteiger partial charge on any atom is -0.313 e. The highest BCUT2D eigenvalue weighted by atomic mass is 32.2. The van der Waals surface area contributed by atoms with Gasteiger partial charge in [0.2, 0.25) is 0 Å². The highest BCUT2D eigenvalue weighted by Crippen LogP contribution is 2.31. The molecule has 2 rings (SSSR count). The van der Waals surface area contributed by atoms with E-state index in [1.165, 1.54) is 0 Å². The van der Waals surface area contributed by atoms with Gasteiger partial charge in [-0.25, -0.2) is 13.4 Å². The molecule has 1 aromatic heterocycles. The second-order valence-electron chi connectivity index (χ2n) is 6.35. The lowest BCUT2D eigenvalue weighted by molar-refractivity contribution is 0.195. The van der Waals surface area contributed by atoms with Gasteiger partial charge in [0.15, 0.2) is 5.03 Å². The minimum absolute atomic E-state index is 0.155. The van der Waals surface area contributed by atoms with Crippen molar-refractivity contribution < 1.29 is 8.42 Å². The van der Waals surface area contributed by atoms with Gasteiger partial charge in [-0.2, -0.15) is 4.31 Å². The molecule has 0 spiro atoms. The average molecular weight is 311 g/mol. The summed E-state index contributed by atoms with van der Waals surface area (Å²) in [5.41, 5.74) is 1.23. The average Bonchev–Trinajstić information content (AvgIpc) is 2.45. The van der Waals surface area contributed by atoms with Gasteiger partial charge >= 0.3 is 0 Å². The first-order valence-corrected chi connectivity index (χ1v) is 8.95. The first-order valence-electron chi connectivity index (χ1n) is 7.51. The molecule has 1 N–H and O–H groups in total. The number of hydrogen-bond donors (Lipinski definition) is 1. The number of rotatable bonds is 5. The number of piperidine rings is 1. The molecule has 0 atom stereocenters. The van der Waals surface area contributed by atoms with Crippen LogP contribution in [0, 0.1) is 5.41 Å². The van der Waals surface area contributed by atoms with Crippen LogP contribution in [0.4, 0.5) is 0 Å². The predicted molar refractivity (Wildman–Crippen MR) is 83.4 cm³/mol. The number of nitrogens with zero attached hydrogens (tertiary/aromatic N) is 2. The predicted octanol–water partition coefficient (Wildman–Crippen LogP) is 2.00. The zero-order valence-corrected chi connectivity index (χ0v) is 13.9. The fraction of sp³-hybridized carbons (Fsp3) is 0.667. The van der Waals surface area contributed by atoms with Gasteiger partial charge in [-0.1, -0.05) is 26.8 Å². The molecule has 118 valence electrons. The van der Waals surface area contributed by atoms with E-state index in [-0.39, 0.29) is 10.4 Å². The van der Waals surface area contributed by atoms with Crippen molar-refractivity contribution in [3.63, 3.8) is 0 Å². The largest absolute Gasteiger partial charge is 0.313 e. The van der Waals surface area contributed by atoms with Gasteiger partial charge in [-0.05, 0) is 36.4 Å². The van der Waals surface area contributed by atoms with Crippen LogP contribution in [0.2, 0.25) is 0 Å². The molecule has 0 aromatic carbocycles. The summed E-state index contributed by atoms with van der Waals surface area (Å²) in [6, 6.07) is 3.44. The van der Waals surface area contributed by atoms with Crippen molar-refractivity contribution in [1.82, 2.24) is 14.6 Å². The molecule has 1 aliphatic rings. The maximum atomic E-state index is 12.6. The molecule has 21 heavy (non-hydrogen) atoms. The number of aromatic nitrogens is 1. The lowest BCUT2D eigenvalue weighted by atomic mass is 9.83. The molecule has 1 aliphatic heterocycles. The first kappa shape index (κ1) is 16.4. The lowest BCUT2D eigenvalue weighted by Crippen LogP contribution is -2.41. The second kappa shape index (κ2) is 6.42. The Morgan fingerprint density at radius 2 is 1.95 bits per heavy atom. The van der Waals surface area contributed by atoms with Crippen LogP contribution in [0.1, 0.15) is 39.2 Å². The second-order valence-corrected chi connectivity index (χ2v) is 8.24. The third-order valence-electron chi connectivity index (χ3n) is 4.06. The maximum absolute atomic E-state index is 12.6. The van der Waals surface area contributed by atoms with Crippen LogP contribution in [-0.2, 0) is 16.6 Å². The maximum Gasteiger partial charge on any atom is 0.260 e. The summed E-state index contributed by atoms with van der Waals surface area (Å²) in [6.07, 6.45) is 3.43. The fourth-order valence-electron chi connectivity index (χ4n) is 2.40. The van der Waals surface area contributed by atoms with Gasteiger partial charge in [0.05, 0.1) is 0 Å². The van der Waals surface area contributed by atoms with E-state index in [0.29, 0.717) is 19.6 Å². The van der Waals surface area contributed by atoms with Crippen LogP contribution in [-0.4, -0.2) is 37.3 Å². The first-order chi connectivity index (χ1) is 9.85. The van der Waals surface area contributed by atoms with E-state index < -0.39 is 10.0 Å². The summed E-state index contributed by atoms with van der Waals surface area (Å²) < 4.78 is 26.7. The topological polar surface area (TPSA) is 62.3 Å². The van der Waals surface area contributed by atoms with Crippen LogP contribution in [0.5, 0.6) is 0 Å². The number of nitrogens with one attached hydrogen (secondary N) is 1. The summed E-state index contributed by atoms with van der Waals surface area (Å²) in [5, 5.41) is 3.35. The Hall–Kier alpha value is -0.980. The molecule has 0 bridgehead atoms. The normalized spacial score (nSPS) is 19.6. The van der Waals surface area contributed by atoms with E-state index in [1.807, 2.05) is 13.0 Å². The third-order valence-corrected chi connectivity index (χ3v) is 5.87. The van der Waals surface area contributed by atoms with Gasteiger partial charge in [-0.3, -0.25) is 0 Å². The van der Waals surface area contributed by atoms with E-state index in [9.17, 15) is 8.42 Å². The van der Waals surface area contributed by atoms with E-state index in [1.54, 1.807) is 16.6 Å². The molecule has 0 unspecified atom stereocenters. The minimum atomic E-state index is -3.45. The van der Waals surface area contributed by atoms with Crippen LogP contribution >= 0.6 is 0 Å². The smallest absolute Gasteiger partial charge is 0.260 e. The monoisotopic (exact) mass is 311 g/mol. The Balaban J connectivity index is 2.09. The number of hydrogen-bond acceptors (Lipinski definition) is 4. The van der Waals surface area contributed by atoms with Crippen molar-refractivity contribution in [2.45, 2.75) is 45.2 Å². The Kier molecular flexibility index (Phi) is 5.01. The van der Waals surface area contributed by atoms with Crippen molar-refractivity contribution in [2.24, 2.45) is 5.41 Å². The highest BCUT2D eigenvalue weighted by molar-refractivity contribution is 7.89. The molecule has 0 aliphatic carbocycles. The summed E-state index contributed by atoms with van der Waals surface area (Å²) in [5.74, 6) is 0. The SMILES string of the molecule is CCNCc1ccc(S(=O)(=O)N2CCC(C)(C)CC2)nc1. The Labute approximate surface area is 127 Å². The van der Waals surface area contributed by atoms with E-state index in [4.69, 9.17) is 0 Å². The summed E-state index contributed by atoms with van der Waals surface area (Å²) in [7, 11) is -3.45. The lowest BCUT2D eigenvalue weighted by Gasteiger charge is -2.35. The highest BCUT2D eigenvalue weighted by Gasteiger charge is 2.33. The van der Waals surface area contributed by atoms with Crippen LogP contribution < -0.4 is 5.32 Å². The third kappa shape index (κ3) is 4.02. The van der Waals surface area contributed by atoms with Crippen LogP contribution in [0.25, 0.3) is 0 Å².